The first-order chi connectivity index (χ1) is 8.08. The first-order valence-corrected chi connectivity index (χ1v) is 7.62. The summed E-state index contributed by atoms with van der Waals surface area (Å²) < 4.78 is 0. The Morgan fingerprint density at radius 3 is 2.00 bits per heavy atom. The average molecular weight is 236 g/mol. The Labute approximate surface area is 106 Å². The first-order valence-electron chi connectivity index (χ1n) is 7.62. The fourth-order valence-electron chi connectivity index (χ4n) is 4.30. The standard InChI is InChI=1S/C16H28O/c1-4-6-14(17)16-10-7-15(8-11-16,9-12-16)13(3)5-2/h13H,4-12H2,1-3H3. The van der Waals surface area contributed by atoms with Crippen molar-refractivity contribution in [2.75, 3.05) is 0 Å². The van der Waals surface area contributed by atoms with Crippen molar-refractivity contribution in [3.8, 4) is 0 Å². The third kappa shape index (κ3) is 2.06. The minimum Gasteiger partial charge on any atom is -0.299 e. The van der Waals surface area contributed by atoms with Crippen LogP contribution in [0.2, 0.25) is 0 Å². The Hall–Kier alpha value is -0.330. The van der Waals surface area contributed by atoms with Gasteiger partial charge in [-0.25, -0.2) is 0 Å². The highest BCUT2D eigenvalue weighted by atomic mass is 16.1. The highest BCUT2D eigenvalue weighted by molar-refractivity contribution is 5.85. The molecule has 3 fully saturated rings. The number of fused-ring (bicyclic) bond motifs is 3. The zero-order chi connectivity index (χ0) is 12.5. The Bertz CT molecular complexity index is 267. The van der Waals surface area contributed by atoms with Gasteiger partial charge in [0.15, 0.2) is 0 Å². The molecular formula is C16H28O. The van der Waals surface area contributed by atoms with E-state index in [2.05, 4.69) is 20.8 Å². The Kier molecular flexibility index (Phi) is 3.66. The van der Waals surface area contributed by atoms with E-state index in [-0.39, 0.29) is 5.41 Å². The molecule has 0 heterocycles. The third-order valence-electron chi connectivity index (χ3n) is 6.03. The minimum atomic E-state index is 0.116. The quantitative estimate of drug-likeness (QED) is 0.673. The molecule has 3 aliphatic carbocycles. The molecule has 1 nitrogen and oxygen atoms in total. The van der Waals surface area contributed by atoms with Gasteiger partial charge in [0.05, 0.1) is 0 Å². The van der Waals surface area contributed by atoms with Crippen LogP contribution in [0.1, 0.15) is 78.6 Å². The van der Waals surface area contributed by atoms with E-state index < -0.39 is 0 Å². The molecule has 0 amide bonds. The summed E-state index contributed by atoms with van der Waals surface area (Å²) in [7, 11) is 0. The molecule has 17 heavy (non-hydrogen) atoms. The van der Waals surface area contributed by atoms with Crippen molar-refractivity contribution < 1.29 is 4.79 Å². The normalized spacial score (nSPS) is 38.1. The molecule has 3 aliphatic rings. The maximum Gasteiger partial charge on any atom is 0.139 e. The minimum absolute atomic E-state index is 0.116. The van der Waals surface area contributed by atoms with Crippen LogP contribution in [0.25, 0.3) is 0 Å². The molecule has 98 valence electrons. The third-order valence-corrected chi connectivity index (χ3v) is 6.03. The molecule has 3 rings (SSSR count). The van der Waals surface area contributed by atoms with Crippen molar-refractivity contribution in [3.63, 3.8) is 0 Å². The van der Waals surface area contributed by atoms with Gasteiger partial charge >= 0.3 is 0 Å². The molecule has 1 heteroatoms. The second kappa shape index (κ2) is 4.74. The second-order valence-corrected chi connectivity index (χ2v) is 6.63. The number of Topliss-reactive ketones (excluding diaryl/α,β-unsaturated/α-hetero) is 1. The van der Waals surface area contributed by atoms with Gasteiger partial charge in [0.2, 0.25) is 0 Å². The van der Waals surface area contributed by atoms with E-state index in [1.807, 2.05) is 0 Å². The second-order valence-electron chi connectivity index (χ2n) is 6.63. The molecule has 2 bridgehead atoms. The van der Waals surface area contributed by atoms with Crippen molar-refractivity contribution in [2.45, 2.75) is 78.6 Å². The monoisotopic (exact) mass is 236 g/mol. The predicted molar refractivity (Wildman–Crippen MR) is 71.9 cm³/mol. The summed E-state index contributed by atoms with van der Waals surface area (Å²) in [6.45, 7) is 6.87. The fourth-order valence-corrected chi connectivity index (χ4v) is 4.30. The van der Waals surface area contributed by atoms with E-state index in [9.17, 15) is 4.79 Å². The van der Waals surface area contributed by atoms with Crippen LogP contribution in [0.5, 0.6) is 0 Å². The smallest absolute Gasteiger partial charge is 0.139 e. The molecule has 1 unspecified atom stereocenters. The average Bonchev–Trinajstić information content (AvgIpc) is 2.40. The summed E-state index contributed by atoms with van der Waals surface area (Å²) in [4.78, 5) is 12.3. The highest BCUT2D eigenvalue weighted by Gasteiger charge is 2.52. The van der Waals surface area contributed by atoms with Crippen molar-refractivity contribution in [1.82, 2.24) is 0 Å². The molecule has 1 atom stereocenters. The van der Waals surface area contributed by atoms with Crippen LogP contribution in [0.4, 0.5) is 0 Å². The van der Waals surface area contributed by atoms with Crippen LogP contribution in [0, 0.1) is 16.7 Å². The molecule has 0 aromatic rings. The van der Waals surface area contributed by atoms with E-state index in [0.717, 1.165) is 18.8 Å². The Morgan fingerprint density at radius 1 is 1.06 bits per heavy atom. The van der Waals surface area contributed by atoms with Gasteiger partial charge in [-0.1, -0.05) is 27.2 Å². The van der Waals surface area contributed by atoms with Crippen LogP contribution in [-0.4, -0.2) is 5.78 Å². The zero-order valence-corrected chi connectivity index (χ0v) is 11.8. The van der Waals surface area contributed by atoms with Gasteiger partial charge in [0.1, 0.15) is 5.78 Å². The van der Waals surface area contributed by atoms with Crippen molar-refractivity contribution in [3.05, 3.63) is 0 Å². The number of hydrogen-bond donors (Lipinski definition) is 0. The summed E-state index contributed by atoms with van der Waals surface area (Å²) in [6, 6.07) is 0. The SMILES string of the molecule is CCCC(=O)C12CCC(C(C)CC)(CC1)CC2. The van der Waals surface area contributed by atoms with Crippen LogP contribution >= 0.6 is 0 Å². The summed E-state index contributed by atoms with van der Waals surface area (Å²) in [5, 5.41) is 0. The van der Waals surface area contributed by atoms with E-state index in [4.69, 9.17) is 0 Å². The highest BCUT2D eigenvalue weighted by Crippen LogP contribution is 2.60. The summed E-state index contributed by atoms with van der Waals surface area (Å²) in [6.07, 6.45) is 10.7. The molecule has 0 aromatic heterocycles. The van der Waals surface area contributed by atoms with Crippen molar-refractivity contribution in [2.24, 2.45) is 16.7 Å². The summed E-state index contributed by atoms with van der Waals surface area (Å²) in [5.74, 6) is 1.43. The number of ketones is 1. The lowest BCUT2D eigenvalue weighted by Crippen LogP contribution is -2.48. The van der Waals surface area contributed by atoms with Gasteiger partial charge in [0, 0.05) is 11.8 Å². The lowest BCUT2D eigenvalue weighted by Gasteiger charge is -2.55. The first kappa shape index (κ1) is 13.1. The van der Waals surface area contributed by atoms with Gasteiger partial charge < -0.3 is 0 Å². The zero-order valence-electron chi connectivity index (χ0n) is 11.8. The van der Waals surface area contributed by atoms with Crippen molar-refractivity contribution >= 4 is 5.78 Å². The lowest BCUT2D eigenvalue weighted by atomic mass is 9.49. The Balaban J connectivity index is 2.07. The maximum absolute atomic E-state index is 12.3. The van der Waals surface area contributed by atoms with E-state index >= 15 is 0 Å². The molecule has 0 spiro atoms. The topological polar surface area (TPSA) is 17.1 Å². The van der Waals surface area contributed by atoms with E-state index in [1.54, 1.807) is 0 Å². The maximum atomic E-state index is 12.3. The van der Waals surface area contributed by atoms with Crippen LogP contribution in [0.3, 0.4) is 0 Å². The summed E-state index contributed by atoms with van der Waals surface area (Å²) >= 11 is 0. The number of carbonyl (C=O) groups excluding carboxylic acids is 1. The van der Waals surface area contributed by atoms with Gasteiger partial charge in [0.25, 0.3) is 0 Å². The molecule has 0 N–H and O–H groups in total. The fraction of sp³-hybridized carbons (Fsp3) is 0.938. The van der Waals surface area contributed by atoms with Crippen molar-refractivity contribution in [1.29, 1.82) is 0 Å². The lowest BCUT2D eigenvalue weighted by molar-refractivity contribution is -0.140. The van der Waals surface area contributed by atoms with Gasteiger partial charge in [-0.3, -0.25) is 4.79 Å². The van der Waals surface area contributed by atoms with Crippen LogP contribution in [-0.2, 0) is 4.79 Å². The van der Waals surface area contributed by atoms with E-state index in [0.29, 0.717) is 11.2 Å². The molecule has 0 radical (unpaired) electrons. The molecule has 0 aromatic carbocycles. The molecular weight excluding hydrogens is 208 g/mol. The number of hydrogen-bond acceptors (Lipinski definition) is 1. The predicted octanol–water partition coefficient (Wildman–Crippen LogP) is 4.74. The van der Waals surface area contributed by atoms with E-state index in [1.165, 1.54) is 44.9 Å². The van der Waals surface area contributed by atoms with Gasteiger partial charge in [-0.2, -0.15) is 0 Å². The largest absolute Gasteiger partial charge is 0.299 e. The number of carbonyl (C=O) groups is 1. The molecule has 0 aliphatic heterocycles. The van der Waals surface area contributed by atoms with Gasteiger partial charge in [-0.15, -0.1) is 0 Å². The summed E-state index contributed by atoms with van der Waals surface area (Å²) in [5.41, 5.74) is 0.716. The van der Waals surface area contributed by atoms with Crippen LogP contribution in [0.15, 0.2) is 0 Å². The van der Waals surface area contributed by atoms with Crippen LogP contribution < -0.4 is 0 Å². The van der Waals surface area contributed by atoms with Gasteiger partial charge in [-0.05, 0) is 56.3 Å². The molecule has 3 saturated carbocycles. The number of rotatable bonds is 5. The Morgan fingerprint density at radius 2 is 1.59 bits per heavy atom. The molecule has 0 saturated heterocycles.